The summed E-state index contributed by atoms with van der Waals surface area (Å²) in [5.41, 5.74) is 0. The quantitative estimate of drug-likeness (QED) is 0.635. The number of rotatable bonds is 3. The van der Waals surface area contributed by atoms with Crippen molar-refractivity contribution in [3.05, 3.63) is 0 Å². The molecule has 0 aromatic carbocycles. The SMILES string of the molecule is CC.CC.CC(C)NCCS. The van der Waals surface area contributed by atoms with Crippen molar-refractivity contribution >= 4 is 12.6 Å². The highest BCUT2D eigenvalue weighted by atomic mass is 32.1. The van der Waals surface area contributed by atoms with Gasteiger partial charge in [-0.1, -0.05) is 41.5 Å². The predicted molar refractivity (Wildman–Crippen MR) is 59.7 cm³/mol. The van der Waals surface area contributed by atoms with Gasteiger partial charge in [0.2, 0.25) is 0 Å². The molecule has 0 unspecified atom stereocenters. The molecule has 0 saturated heterocycles. The van der Waals surface area contributed by atoms with Crippen molar-refractivity contribution in [2.45, 2.75) is 47.6 Å². The summed E-state index contributed by atoms with van der Waals surface area (Å²) in [6.45, 7) is 13.3. The molecule has 0 aromatic rings. The van der Waals surface area contributed by atoms with Crippen LogP contribution in [-0.4, -0.2) is 18.3 Å². The Morgan fingerprint density at radius 3 is 1.55 bits per heavy atom. The summed E-state index contributed by atoms with van der Waals surface area (Å²) < 4.78 is 0. The number of nitrogens with one attached hydrogen (secondary N) is 1. The van der Waals surface area contributed by atoms with Crippen LogP contribution in [-0.2, 0) is 0 Å². The molecule has 0 fully saturated rings. The molecule has 0 radical (unpaired) electrons. The lowest BCUT2D eigenvalue weighted by molar-refractivity contribution is 0.616. The molecule has 0 aliphatic rings. The third kappa shape index (κ3) is 38.3. The molecular weight excluding hydrogens is 154 g/mol. The van der Waals surface area contributed by atoms with Gasteiger partial charge in [0.15, 0.2) is 0 Å². The lowest BCUT2D eigenvalue weighted by atomic mass is 10.4. The Morgan fingerprint density at radius 1 is 1.09 bits per heavy atom. The van der Waals surface area contributed by atoms with Gasteiger partial charge >= 0.3 is 0 Å². The Labute approximate surface area is 78.4 Å². The second-order valence-electron chi connectivity index (χ2n) is 1.83. The lowest BCUT2D eigenvalue weighted by Gasteiger charge is -2.03. The molecule has 0 heterocycles. The average molecular weight is 179 g/mol. The zero-order valence-electron chi connectivity index (χ0n) is 8.94. The summed E-state index contributed by atoms with van der Waals surface area (Å²) in [6, 6.07) is 0.604. The fourth-order valence-corrected chi connectivity index (χ4v) is 0.482. The molecule has 0 aromatic heterocycles. The zero-order valence-corrected chi connectivity index (χ0v) is 9.83. The van der Waals surface area contributed by atoms with Crippen LogP contribution in [0.1, 0.15) is 41.5 Å². The van der Waals surface area contributed by atoms with Crippen LogP contribution in [0.3, 0.4) is 0 Å². The van der Waals surface area contributed by atoms with Gasteiger partial charge in [0.1, 0.15) is 0 Å². The van der Waals surface area contributed by atoms with E-state index in [4.69, 9.17) is 0 Å². The average Bonchev–Trinajstić information content (AvgIpc) is 2.08. The van der Waals surface area contributed by atoms with Crippen molar-refractivity contribution in [1.82, 2.24) is 5.32 Å². The minimum absolute atomic E-state index is 0.604. The monoisotopic (exact) mass is 179 g/mol. The molecule has 11 heavy (non-hydrogen) atoms. The Morgan fingerprint density at radius 2 is 1.45 bits per heavy atom. The molecule has 2 heteroatoms. The second kappa shape index (κ2) is 22.4. The Kier molecular flexibility index (Phi) is 35.5. The highest BCUT2D eigenvalue weighted by Crippen LogP contribution is 1.75. The molecule has 0 bridgehead atoms. The molecule has 0 aliphatic heterocycles. The van der Waals surface area contributed by atoms with E-state index in [1.54, 1.807) is 0 Å². The maximum Gasteiger partial charge on any atom is 0.00420 e. The number of hydrogen-bond acceptors (Lipinski definition) is 2. The topological polar surface area (TPSA) is 12.0 Å². The summed E-state index contributed by atoms with van der Waals surface area (Å²) >= 11 is 4.03. The minimum atomic E-state index is 0.604. The number of thiol groups is 1. The van der Waals surface area contributed by atoms with E-state index in [2.05, 4.69) is 31.8 Å². The highest BCUT2D eigenvalue weighted by molar-refractivity contribution is 7.80. The largest absolute Gasteiger partial charge is 0.314 e. The Bertz CT molecular complexity index is 38.5. The first-order valence-electron chi connectivity index (χ1n) is 4.61. The zero-order chi connectivity index (χ0) is 9.70. The van der Waals surface area contributed by atoms with Crippen LogP contribution in [0.5, 0.6) is 0 Å². The third-order valence-corrected chi connectivity index (χ3v) is 0.888. The van der Waals surface area contributed by atoms with Crippen molar-refractivity contribution in [3.63, 3.8) is 0 Å². The standard InChI is InChI=1S/C5H13NS.2C2H6/c1-5(2)6-3-4-7;2*1-2/h5-7H,3-4H2,1-2H3;2*1-2H3. The van der Waals surface area contributed by atoms with E-state index in [0.717, 1.165) is 12.3 Å². The van der Waals surface area contributed by atoms with Crippen LogP contribution in [0.15, 0.2) is 0 Å². The van der Waals surface area contributed by atoms with E-state index in [1.165, 1.54) is 0 Å². The molecule has 0 aliphatic carbocycles. The first kappa shape index (κ1) is 17.4. The third-order valence-electron chi connectivity index (χ3n) is 0.664. The molecule has 0 atom stereocenters. The minimum Gasteiger partial charge on any atom is -0.314 e. The van der Waals surface area contributed by atoms with Gasteiger partial charge in [0, 0.05) is 18.3 Å². The molecule has 0 spiro atoms. The van der Waals surface area contributed by atoms with Crippen LogP contribution < -0.4 is 5.32 Å². The molecule has 1 N–H and O–H groups in total. The van der Waals surface area contributed by atoms with E-state index in [9.17, 15) is 0 Å². The van der Waals surface area contributed by atoms with Crippen molar-refractivity contribution in [2.24, 2.45) is 0 Å². The first-order chi connectivity index (χ1) is 5.27. The van der Waals surface area contributed by atoms with Crippen molar-refractivity contribution in [3.8, 4) is 0 Å². The molecule has 0 saturated carbocycles. The maximum atomic E-state index is 4.03. The summed E-state index contributed by atoms with van der Waals surface area (Å²) in [4.78, 5) is 0. The van der Waals surface area contributed by atoms with Crippen LogP contribution in [0.4, 0.5) is 0 Å². The van der Waals surface area contributed by atoms with Gasteiger partial charge < -0.3 is 5.32 Å². The van der Waals surface area contributed by atoms with Gasteiger partial charge in [-0.2, -0.15) is 12.6 Å². The van der Waals surface area contributed by atoms with Crippen LogP contribution in [0.2, 0.25) is 0 Å². The van der Waals surface area contributed by atoms with Gasteiger partial charge in [0.25, 0.3) is 0 Å². The Balaban J connectivity index is -0.000000138. The van der Waals surface area contributed by atoms with Crippen molar-refractivity contribution in [2.75, 3.05) is 12.3 Å². The van der Waals surface area contributed by atoms with E-state index in [0.29, 0.717) is 6.04 Å². The number of hydrogen-bond donors (Lipinski definition) is 2. The molecular formula is C9H25NS. The van der Waals surface area contributed by atoms with Crippen LogP contribution in [0.25, 0.3) is 0 Å². The fourth-order valence-electron chi connectivity index (χ4n) is 0.353. The van der Waals surface area contributed by atoms with E-state index < -0.39 is 0 Å². The van der Waals surface area contributed by atoms with E-state index in [-0.39, 0.29) is 0 Å². The highest BCUT2D eigenvalue weighted by Gasteiger charge is 1.85. The van der Waals surface area contributed by atoms with Crippen LogP contribution in [0, 0.1) is 0 Å². The van der Waals surface area contributed by atoms with E-state index in [1.807, 2.05) is 27.7 Å². The smallest absolute Gasteiger partial charge is 0.00420 e. The first-order valence-corrected chi connectivity index (χ1v) is 5.25. The van der Waals surface area contributed by atoms with Gasteiger partial charge in [-0.15, -0.1) is 0 Å². The molecule has 1 nitrogen and oxygen atoms in total. The van der Waals surface area contributed by atoms with Gasteiger partial charge in [-0.3, -0.25) is 0 Å². The molecule has 0 rings (SSSR count). The molecule has 72 valence electrons. The van der Waals surface area contributed by atoms with E-state index >= 15 is 0 Å². The van der Waals surface area contributed by atoms with Gasteiger partial charge in [0.05, 0.1) is 0 Å². The summed E-state index contributed by atoms with van der Waals surface area (Å²) in [5, 5.41) is 3.22. The Hall–Kier alpha value is 0.310. The second-order valence-corrected chi connectivity index (χ2v) is 2.28. The fraction of sp³-hybridized carbons (Fsp3) is 1.00. The molecule has 0 amide bonds. The van der Waals surface area contributed by atoms with Crippen molar-refractivity contribution in [1.29, 1.82) is 0 Å². The normalized spacial score (nSPS) is 7.64. The van der Waals surface area contributed by atoms with Gasteiger partial charge in [-0.25, -0.2) is 0 Å². The maximum absolute atomic E-state index is 4.03. The van der Waals surface area contributed by atoms with Crippen LogP contribution >= 0.6 is 12.6 Å². The summed E-state index contributed by atoms with van der Waals surface area (Å²) in [5.74, 6) is 0.929. The van der Waals surface area contributed by atoms with Crippen molar-refractivity contribution < 1.29 is 0 Å². The lowest BCUT2D eigenvalue weighted by Crippen LogP contribution is -2.24. The summed E-state index contributed by atoms with van der Waals surface area (Å²) in [6.07, 6.45) is 0. The predicted octanol–water partition coefficient (Wildman–Crippen LogP) is 2.97. The van der Waals surface area contributed by atoms with Gasteiger partial charge in [-0.05, 0) is 0 Å². The summed E-state index contributed by atoms with van der Waals surface area (Å²) in [7, 11) is 0.